The third-order valence-corrected chi connectivity index (χ3v) is 4.63. The lowest BCUT2D eigenvalue weighted by molar-refractivity contribution is -0.293. The van der Waals surface area contributed by atoms with Crippen LogP contribution in [0.4, 0.5) is 0 Å². The molecular weight excluding hydrogens is 328 g/mol. The van der Waals surface area contributed by atoms with Gasteiger partial charge in [0.1, 0.15) is 42.7 Å². The maximum Gasteiger partial charge on any atom is 0.186 e. The van der Waals surface area contributed by atoms with Gasteiger partial charge >= 0.3 is 0 Å². The minimum Gasteiger partial charge on any atom is -0.394 e. The van der Waals surface area contributed by atoms with Gasteiger partial charge in [0.05, 0.1) is 18.8 Å². The number of hydrogen-bond acceptors (Lipinski definition) is 10. The fourth-order valence-electron chi connectivity index (χ4n) is 3.10. The molecule has 10 atom stereocenters. The van der Waals surface area contributed by atoms with E-state index < -0.39 is 67.8 Å². The Kier molecular flexibility index (Phi) is 6.90. The van der Waals surface area contributed by atoms with Gasteiger partial charge in [-0.2, -0.15) is 0 Å². The van der Waals surface area contributed by atoms with Crippen LogP contribution in [0.2, 0.25) is 0 Å². The van der Waals surface area contributed by atoms with Gasteiger partial charge in [0.25, 0.3) is 0 Å². The average molecular weight is 354 g/mol. The van der Waals surface area contributed by atoms with Crippen molar-refractivity contribution in [1.82, 2.24) is 0 Å². The van der Waals surface area contributed by atoms with Crippen molar-refractivity contribution in [3.8, 4) is 0 Å². The lowest BCUT2D eigenvalue weighted by Crippen LogP contribution is -2.60. The Morgan fingerprint density at radius 3 is 1.62 bits per heavy atom. The molecule has 2 aliphatic heterocycles. The first kappa shape index (κ1) is 19.9. The number of rotatable bonds is 5. The topological polar surface area (TPSA) is 169 Å². The summed E-state index contributed by atoms with van der Waals surface area (Å²) < 4.78 is 15.6. The molecule has 24 heavy (non-hydrogen) atoms. The molecule has 0 radical (unpaired) electrons. The van der Waals surface area contributed by atoms with Crippen LogP contribution in [-0.2, 0) is 14.2 Å². The Morgan fingerprint density at radius 2 is 1.12 bits per heavy atom. The zero-order chi connectivity index (χ0) is 18.0. The molecule has 2 rings (SSSR count). The Bertz CT molecular complexity index is 356. The smallest absolute Gasteiger partial charge is 0.186 e. The van der Waals surface area contributed by atoms with Gasteiger partial charge in [-0.15, -0.1) is 0 Å². The molecule has 10 nitrogen and oxygen atoms in total. The third kappa shape index (κ3) is 3.88. The van der Waals surface area contributed by atoms with E-state index >= 15 is 0 Å². The minimum atomic E-state index is -1.47. The second kappa shape index (κ2) is 8.32. The highest BCUT2D eigenvalue weighted by Gasteiger charge is 2.46. The molecule has 2 saturated heterocycles. The summed E-state index contributed by atoms with van der Waals surface area (Å²) in [5.41, 5.74) is 0. The zero-order valence-electron chi connectivity index (χ0n) is 13.3. The van der Waals surface area contributed by atoms with Crippen molar-refractivity contribution in [2.45, 2.75) is 74.1 Å². The van der Waals surface area contributed by atoms with E-state index in [9.17, 15) is 30.6 Å². The standard InChI is InChI=1S/C14H26O10/c1-22-14-13(21)12(20)9(17)6(24-14)3-2-5-8(16)11(19)10(18)7(4-15)23-5/h5-21H,2-4H2,1H3/t5-,6+,7+,8-,9-,10-,11+,12-,13+,14+/m0/s1. The summed E-state index contributed by atoms with van der Waals surface area (Å²) in [5, 5.41) is 68.1. The Hall–Kier alpha value is -0.400. The van der Waals surface area contributed by atoms with Crippen LogP contribution in [0.3, 0.4) is 0 Å². The molecule has 0 unspecified atom stereocenters. The first-order valence-electron chi connectivity index (χ1n) is 7.84. The SMILES string of the molecule is CO[C@@H]1O[C@H](CC[C@@H]2O[C@H](CO)[C@H](O)[C@H](O)[C@H]2O)[C@H](O)[C@H](O)[C@H]1O. The van der Waals surface area contributed by atoms with Crippen LogP contribution in [0.1, 0.15) is 12.8 Å². The quantitative estimate of drug-likeness (QED) is 0.259. The van der Waals surface area contributed by atoms with Gasteiger partial charge in [-0.1, -0.05) is 0 Å². The van der Waals surface area contributed by atoms with Crippen molar-refractivity contribution in [2.75, 3.05) is 13.7 Å². The highest BCUT2D eigenvalue weighted by atomic mass is 16.7. The van der Waals surface area contributed by atoms with Gasteiger partial charge in [-0.05, 0) is 12.8 Å². The first-order valence-corrected chi connectivity index (χ1v) is 7.84. The van der Waals surface area contributed by atoms with Gasteiger partial charge in [-0.3, -0.25) is 0 Å². The predicted octanol–water partition coefficient (Wildman–Crippen LogP) is -3.94. The van der Waals surface area contributed by atoms with Crippen molar-refractivity contribution in [3.63, 3.8) is 0 Å². The van der Waals surface area contributed by atoms with Gasteiger partial charge in [0, 0.05) is 7.11 Å². The molecule has 0 saturated carbocycles. The van der Waals surface area contributed by atoms with Gasteiger partial charge in [-0.25, -0.2) is 0 Å². The second-order valence-electron chi connectivity index (χ2n) is 6.20. The molecule has 2 heterocycles. The Morgan fingerprint density at radius 1 is 0.667 bits per heavy atom. The van der Waals surface area contributed by atoms with Crippen LogP contribution < -0.4 is 0 Å². The van der Waals surface area contributed by atoms with E-state index in [-0.39, 0.29) is 12.8 Å². The molecule has 0 aromatic rings. The minimum absolute atomic E-state index is 0.114. The van der Waals surface area contributed by atoms with E-state index in [0.29, 0.717) is 0 Å². The second-order valence-corrected chi connectivity index (χ2v) is 6.20. The highest BCUT2D eigenvalue weighted by Crippen LogP contribution is 2.28. The normalized spacial score (nSPS) is 50.0. The van der Waals surface area contributed by atoms with E-state index in [2.05, 4.69) is 0 Å². The van der Waals surface area contributed by atoms with Gasteiger partial charge in [0.15, 0.2) is 6.29 Å². The van der Waals surface area contributed by atoms with Crippen LogP contribution in [0.5, 0.6) is 0 Å². The number of aliphatic hydroxyl groups excluding tert-OH is 7. The van der Waals surface area contributed by atoms with Crippen molar-refractivity contribution in [1.29, 1.82) is 0 Å². The van der Waals surface area contributed by atoms with E-state index in [1.54, 1.807) is 0 Å². The molecule has 142 valence electrons. The van der Waals surface area contributed by atoms with Crippen LogP contribution in [0, 0.1) is 0 Å². The van der Waals surface area contributed by atoms with Crippen LogP contribution in [0.25, 0.3) is 0 Å². The zero-order valence-corrected chi connectivity index (χ0v) is 13.3. The Balaban J connectivity index is 1.96. The summed E-state index contributed by atoms with van der Waals surface area (Å²) in [4.78, 5) is 0. The average Bonchev–Trinajstić information content (AvgIpc) is 2.58. The molecular formula is C14H26O10. The largest absolute Gasteiger partial charge is 0.394 e. The molecule has 0 bridgehead atoms. The fourth-order valence-corrected chi connectivity index (χ4v) is 3.10. The number of aliphatic hydroxyl groups is 7. The predicted molar refractivity (Wildman–Crippen MR) is 76.7 cm³/mol. The summed E-state index contributed by atoms with van der Waals surface area (Å²) in [6, 6.07) is 0. The summed E-state index contributed by atoms with van der Waals surface area (Å²) in [6.07, 6.45) is -12.2. The van der Waals surface area contributed by atoms with Crippen molar-refractivity contribution in [3.05, 3.63) is 0 Å². The number of hydrogen-bond donors (Lipinski definition) is 7. The van der Waals surface area contributed by atoms with E-state index in [1.165, 1.54) is 7.11 Å². The molecule has 0 amide bonds. The van der Waals surface area contributed by atoms with Crippen molar-refractivity contribution in [2.24, 2.45) is 0 Å². The number of methoxy groups -OCH3 is 1. The van der Waals surface area contributed by atoms with Gasteiger partial charge < -0.3 is 50.0 Å². The molecule has 0 aromatic heterocycles. The first-order chi connectivity index (χ1) is 11.3. The molecule has 10 heteroatoms. The molecule has 0 aliphatic carbocycles. The van der Waals surface area contributed by atoms with Crippen LogP contribution >= 0.6 is 0 Å². The molecule has 0 spiro atoms. The maximum absolute atomic E-state index is 9.99. The fraction of sp³-hybridized carbons (Fsp3) is 1.00. The van der Waals surface area contributed by atoms with Crippen LogP contribution in [-0.4, -0.2) is 111 Å². The lowest BCUT2D eigenvalue weighted by atomic mass is 9.90. The monoisotopic (exact) mass is 354 g/mol. The van der Waals surface area contributed by atoms with E-state index in [1.807, 2.05) is 0 Å². The van der Waals surface area contributed by atoms with Gasteiger partial charge in [0.2, 0.25) is 0 Å². The Labute approximate surface area is 138 Å². The van der Waals surface area contributed by atoms with E-state index in [0.717, 1.165) is 0 Å². The van der Waals surface area contributed by atoms with Crippen molar-refractivity contribution >= 4 is 0 Å². The summed E-state index contributed by atoms with van der Waals surface area (Å²) >= 11 is 0. The highest BCUT2D eigenvalue weighted by molar-refractivity contribution is 4.94. The summed E-state index contributed by atoms with van der Waals surface area (Å²) in [7, 11) is 1.28. The number of ether oxygens (including phenoxy) is 3. The lowest BCUT2D eigenvalue weighted by Gasteiger charge is -2.42. The molecule has 2 fully saturated rings. The van der Waals surface area contributed by atoms with Crippen molar-refractivity contribution < 1.29 is 50.0 Å². The third-order valence-electron chi connectivity index (χ3n) is 4.63. The molecule has 7 N–H and O–H groups in total. The van der Waals surface area contributed by atoms with Crippen LogP contribution in [0.15, 0.2) is 0 Å². The maximum atomic E-state index is 9.99. The molecule has 0 aromatic carbocycles. The molecule has 2 aliphatic rings. The summed E-state index contributed by atoms with van der Waals surface area (Å²) in [5.74, 6) is 0. The summed E-state index contributed by atoms with van der Waals surface area (Å²) in [6.45, 7) is -0.527. The van der Waals surface area contributed by atoms with E-state index in [4.69, 9.17) is 19.3 Å².